The summed E-state index contributed by atoms with van der Waals surface area (Å²) >= 11 is 21.1. The average molecular weight is 494 g/mol. The number of H-pyrrole nitrogens is 1. The molecule has 0 atom stereocenters. The molecule has 0 saturated carbocycles. The number of aromatic amines is 1. The van der Waals surface area contributed by atoms with Crippen LogP contribution in [0.5, 0.6) is 11.5 Å². The highest BCUT2D eigenvalue weighted by Gasteiger charge is 2.18. The van der Waals surface area contributed by atoms with E-state index < -0.39 is 11.7 Å². The van der Waals surface area contributed by atoms with Gasteiger partial charge in [0.2, 0.25) is 0 Å². The van der Waals surface area contributed by atoms with Crippen molar-refractivity contribution in [1.82, 2.24) is 15.3 Å². The molecule has 2 N–H and O–H groups in total. The van der Waals surface area contributed by atoms with E-state index in [2.05, 4.69) is 31.2 Å². The summed E-state index contributed by atoms with van der Waals surface area (Å²) in [4.78, 5) is 18.4. The van der Waals surface area contributed by atoms with Crippen LogP contribution in [0, 0.1) is 5.82 Å². The van der Waals surface area contributed by atoms with Gasteiger partial charge in [-0.3, -0.25) is 4.79 Å². The van der Waals surface area contributed by atoms with Crippen molar-refractivity contribution in [3.63, 3.8) is 0 Å². The maximum atomic E-state index is 14.8. The minimum Gasteiger partial charge on any atom is -0.453 e. The van der Waals surface area contributed by atoms with Crippen molar-refractivity contribution in [2.24, 2.45) is 0 Å². The van der Waals surface area contributed by atoms with Crippen LogP contribution in [-0.2, 0) is 6.54 Å². The number of ether oxygens (including phenoxy) is 1. The van der Waals surface area contributed by atoms with Gasteiger partial charge >= 0.3 is 0 Å². The zero-order chi connectivity index (χ0) is 19.6. The molecule has 3 aromatic rings. The van der Waals surface area contributed by atoms with Crippen molar-refractivity contribution < 1.29 is 13.9 Å². The minimum absolute atomic E-state index is 0.0274. The summed E-state index contributed by atoms with van der Waals surface area (Å²) in [6.07, 6.45) is 1.29. The van der Waals surface area contributed by atoms with Crippen LogP contribution in [-0.4, -0.2) is 15.9 Å². The first-order valence-electron chi connectivity index (χ1n) is 7.43. The molecular formula is C17H10BrCl3FN3O2. The molecule has 2 aromatic carbocycles. The number of carbonyl (C=O) groups excluding carboxylic acids is 1. The highest BCUT2D eigenvalue weighted by atomic mass is 79.9. The molecule has 27 heavy (non-hydrogen) atoms. The van der Waals surface area contributed by atoms with E-state index in [1.807, 2.05) is 0 Å². The molecule has 0 bridgehead atoms. The fourth-order valence-electron chi connectivity index (χ4n) is 2.21. The molecule has 0 saturated heterocycles. The number of hydrogen-bond donors (Lipinski definition) is 2. The van der Waals surface area contributed by atoms with Crippen LogP contribution in [0.25, 0.3) is 0 Å². The number of rotatable bonds is 5. The van der Waals surface area contributed by atoms with E-state index in [0.717, 1.165) is 0 Å². The Balaban J connectivity index is 1.81. The summed E-state index contributed by atoms with van der Waals surface area (Å²) < 4.78 is 21.1. The lowest BCUT2D eigenvalue weighted by Crippen LogP contribution is -2.24. The standard InChI is InChI=1S/C17H10BrCl3FN3O2/c18-9-3-10(19)5-11(4-9)27-15-12(20)2-1-8(13(15)22)6-23-17(26)14-16(21)25-7-24-14/h1-5,7H,6H2,(H,23,26)(H,24,25). The Morgan fingerprint density at radius 3 is 2.70 bits per heavy atom. The molecule has 1 aromatic heterocycles. The molecule has 1 heterocycles. The second-order valence-corrected chi connectivity index (χ2v) is 7.43. The van der Waals surface area contributed by atoms with Crippen molar-refractivity contribution in [3.8, 4) is 11.5 Å². The maximum absolute atomic E-state index is 14.8. The van der Waals surface area contributed by atoms with Crippen molar-refractivity contribution in [1.29, 1.82) is 0 Å². The molecule has 0 fully saturated rings. The van der Waals surface area contributed by atoms with E-state index in [9.17, 15) is 9.18 Å². The molecule has 0 radical (unpaired) electrons. The fraction of sp³-hybridized carbons (Fsp3) is 0.0588. The molecule has 140 valence electrons. The first-order chi connectivity index (χ1) is 12.8. The summed E-state index contributed by atoms with van der Waals surface area (Å²) in [5.74, 6) is -1.08. The number of halogens is 5. The van der Waals surface area contributed by atoms with Gasteiger partial charge in [0, 0.05) is 21.6 Å². The van der Waals surface area contributed by atoms with Gasteiger partial charge in [0.15, 0.2) is 16.7 Å². The van der Waals surface area contributed by atoms with Crippen LogP contribution in [0.2, 0.25) is 15.2 Å². The SMILES string of the molecule is O=C(NCc1ccc(Cl)c(Oc2cc(Cl)cc(Br)c2)c1F)c1[nH]cnc1Cl. The summed E-state index contributed by atoms with van der Waals surface area (Å²) in [6, 6.07) is 7.74. The van der Waals surface area contributed by atoms with Gasteiger partial charge in [-0.2, -0.15) is 0 Å². The summed E-state index contributed by atoms with van der Waals surface area (Å²) in [5.41, 5.74) is 0.269. The van der Waals surface area contributed by atoms with E-state index in [-0.39, 0.29) is 33.7 Å². The van der Waals surface area contributed by atoms with Gasteiger partial charge in [-0.1, -0.05) is 56.8 Å². The topological polar surface area (TPSA) is 67.0 Å². The number of carbonyl (C=O) groups is 1. The van der Waals surface area contributed by atoms with Crippen molar-refractivity contribution >= 4 is 56.6 Å². The third-order valence-corrected chi connectivity index (χ3v) is 4.70. The molecule has 0 aliphatic carbocycles. The lowest BCUT2D eigenvalue weighted by atomic mass is 10.2. The Hall–Kier alpha value is -1.80. The number of imidazole rings is 1. The van der Waals surface area contributed by atoms with Crippen LogP contribution in [0.15, 0.2) is 41.1 Å². The second-order valence-electron chi connectivity index (χ2n) is 5.31. The number of hydrogen-bond acceptors (Lipinski definition) is 3. The summed E-state index contributed by atoms with van der Waals surface area (Å²) in [7, 11) is 0. The fourth-order valence-corrected chi connectivity index (χ4v) is 3.41. The molecular weight excluding hydrogens is 483 g/mol. The number of nitrogens with zero attached hydrogens (tertiary/aromatic N) is 1. The predicted octanol–water partition coefficient (Wildman–Crippen LogP) is 5.99. The summed E-state index contributed by atoms with van der Waals surface area (Å²) in [5, 5.41) is 3.07. The van der Waals surface area contributed by atoms with Crippen LogP contribution in [0.4, 0.5) is 4.39 Å². The van der Waals surface area contributed by atoms with Gasteiger partial charge in [-0.15, -0.1) is 0 Å². The Morgan fingerprint density at radius 1 is 1.26 bits per heavy atom. The maximum Gasteiger partial charge on any atom is 0.271 e. The van der Waals surface area contributed by atoms with Gasteiger partial charge in [0.1, 0.15) is 11.4 Å². The highest BCUT2D eigenvalue weighted by molar-refractivity contribution is 9.10. The largest absolute Gasteiger partial charge is 0.453 e. The van der Waals surface area contributed by atoms with E-state index in [1.54, 1.807) is 12.1 Å². The number of aromatic nitrogens is 2. The predicted molar refractivity (Wildman–Crippen MR) is 105 cm³/mol. The van der Waals surface area contributed by atoms with E-state index in [1.165, 1.54) is 24.5 Å². The van der Waals surface area contributed by atoms with Crippen molar-refractivity contribution in [3.05, 3.63) is 73.4 Å². The van der Waals surface area contributed by atoms with Crippen molar-refractivity contribution in [2.75, 3.05) is 0 Å². The lowest BCUT2D eigenvalue weighted by Gasteiger charge is -2.13. The molecule has 0 aliphatic heterocycles. The van der Waals surface area contributed by atoms with Crippen LogP contribution < -0.4 is 10.1 Å². The van der Waals surface area contributed by atoms with Gasteiger partial charge in [-0.25, -0.2) is 9.37 Å². The van der Waals surface area contributed by atoms with Gasteiger partial charge < -0.3 is 15.0 Å². The van der Waals surface area contributed by atoms with Gasteiger partial charge in [0.25, 0.3) is 5.91 Å². The number of amides is 1. The minimum atomic E-state index is -0.699. The molecule has 0 spiro atoms. The first kappa shape index (κ1) is 19.9. The quantitative estimate of drug-likeness (QED) is 0.459. The van der Waals surface area contributed by atoms with Crippen LogP contribution in [0.3, 0.4) is 0 Å². The van der Waals surface area contributed by atoms with Crippen molar-refractivity contribution in [2.45, 2.75) is 6.54 Å². The Bertz CT molecular complexity index is 993. The molecule has 0 unspecified atom stereocenters. The van der Waals surface area contributed by atoms with Crippen LogP contribution >= 0.6 is 50.7 Å². The highest BCUT2D eigenvalue weighted by Crippen LogP contribution is 2.36. The third kappa shape index (κ3) is 4.73. The molecule has 5 nitrogen and oxygen atoms in total. The Labute approximate surface area is 176 Å². The van der Waals surface area contributed by atoms with E-state index in [4.69, 9.17) is 39.5 Å². The number of nitrogens with one attached hydrogen (secondary N) is 2. The molecule has 0 aliphatic rings. The second kappa shape index (κ2) is 8.48. The van der Waals surface area contributed by atoms with Crippen LogP contribution in [0.1, 0.15) is 16.1 Å². The zero-order valence-corrected chi connectivity index (χ0v) is 17.2. The zero-order valence-electron chi connectivity index (χ0n) is 13.3. The normalized spacial score (nSPS) is 10.7. The average Bonchev–Trinajstić information content (AvgIpc) is 3.03. The lowest BCUT2D eigenvalue weighted by molar-refractivity contribution is 0.0946. The summed E-state index contributed by atoms with van der Waals surface area (Å²) in [6.45, 7) is -0.104. The Kier molecular flexibility index (Phi) is 6.26. The number of benzene rings is 2. The molecule has 1 amide bonds. The molecule has 3 rings (SSSR count). The third-order valence-electron chi connectivity index (χ3n) is 3.44. The monoisotopic (exact) mass is 491 g/mol. The van der Waals surface area contributed by atoms with E-state index in [0.29, 0.717) is 15.2 Å². The Morgan fingerprint density at radius 2 is 2.04 bits per heavy atom. The molecule has 10 heteroatoms. The first-order valence-corrected chi connectivity index (χ1v) is 9.35. The van der Waals surface area contributed by atoms with Gasteiger partial charge in [-0.05, 0) is 24.3 Å². The van der Waals surface area contributed by atoms with E-state index >= 15 is 0 Å². The van der Waals surface area contributed by atoms with Gasteiger partial charge in [0.05, 0.1) is 11.3 Å². The smallest absolute Gasteiger partial charge is 0.271 e.